The van der Waals surface area contributed by atoms with Crippen LogP contribution >= 0.6 is 0 Å². The molecule has 2 heterocycles. The number of hydrogen-bond acceptors (Lipinski definition) is 5. The predicted octanol–water partition coefficient (Wildman–Crippen LogP) is 0.511. The minimum Gasteiger partial charge on any atom is -0.422 e. The summed E-state index contributed by atoms with van der Waals surface area (Å²) < 4.78 is 10.6. The van der Waals surface area contributed by atoms with Gasteiger partial charge < -0.3 is 19.8 Å². The van der Waals surface area contributed by atoms with Crippen molar-refractivity contribution in [3.63, 3.8) is 0 Å². The van der Waals surface area contributed by atoms with Gasteiger partial charge in [0.15, 0.2) is 0 Å². The van der Waals surface area contributed by atoms with Crippen molar-refractivity contribution in [3.8, 4) is 0 Å². The molecular weight excluding hydrogens is 272 g/mol. The van der Waals surface area contributed by atoms with Crippen LogP contribution in [0.4, 0.5) is 0 Å². The first kappa shape index (κ1) is 13.8. The number of nitrogens with one attached hydrogen (secondary N) is 2. The summed E-state index contributed by atoms with van der Waals surface area (Å²) in [6.45, 7) is 2.49. The Labute approximate surface area is 121 Å². The third-order valence-electron chi connectivity index (χ3n) is 3.38. The molecule has 2 N–H and O–H groups in total. The second-order valence-electron chi connectivity index (χ2n) is 4.89. The van der Waals surface area contributed by atoms with E-state index in [9.17, 15) is 9.59 Å². The van der Waals surface area contributed by atoms with E-state index in [1.807, 2.05) is 6.07 Å². The molecule has 1 aliphatic heterocycles. The van der Waals surface area contributed by atoms with Crippen molar-refractivity contribution in [2.24, 2.45) is 0 Å². The molecule has 1 aromatic carbocycles. The van der Waals surface area contributed by atoms with Crippen LogP contribution in [-0.2, 0) is 4.74 Å². The predicted molar refractivity (Wildman–Crippen MR) is 77.4 cm³/mol. The molecule has 0 radical (unpaired) electrons. The van der Waals surface area contributed by atoms with Crippen LogP contribution in [-0.4, -0.2) is 38.3 Å². The van der Waals surface area contributed by atoms with Crippen molar-refractivity contribution in [1.82, 2.24) is 10.6 Å². The fourth-order valence-electron chi connectivity index (χ4n) is 2.27. The molecule has 21 heavy (non-hydrogen) atoms. The fraction of sp³-hybridized carbons (Fsp3) is 0.333. The molecule has 0 bridgehead atoms. The number of amides is 1. The van der Waals surface area contributed by atoms with Gasteiger partial charge in [-0.25, -0.2) is 4.79 Å². The summed E-state index contributed by atoms with van der Waals surface area (Å²) in [5, 5.41) is 6.61. The van der Waals surface area contributed by atoms with E-state index in [1.54, 1.807) is 24.3 Å². The number of carbonyl (C=O) groups is 1. The lowest BCUT2D eigenvalue weighted by atomic mass is 10.2. The van der Waals surface area contributed by atoms with Gasteiger partial charge in [0.1, 0.15) is 11.1 Å². The minimum absolute atomic E-state index is 0.0115. The molecule has 1 amide bonds. The van der Waals surface area contributed by atoms with Crippen LogP contribution in [0.15, 0.2) is 39.5 Å². The smallest absolute Gasteiger partial charge is 0.349 e. The van der Waals surface area contributed by atoms with Crippen molar-refractivity contribution in [2.75, 3.05) is 26.2 Å². The van der Waals surface area contributed by atoms with Crippen molar-refractivity contribution >= 4 is 16.9 Å². The van der Waals surface area contributed by atoms with Gasteiger partial charge in [-0.2, -0.15) is 0 Å². The number of para-hydroxylation sites is 1. The summed E-state index contributed by atoms with van der Waals surface area (Å²) >= 11 is 0. The van der Waals surface area contributed by atoms with Gasteiger partial charge in [0.2, 0.25) is 0 Å². The average molecular weight is 288 g/mol. The van der Waals surface area contributed by atoms with Gasteiger partial charge in [0, 0.05) is 25.0 Å². The maximum atomic E-state index is 12.1. The maximum Gasteiger partial charge on any atom is 0.349 e. The zero-order valence-electron chi connectivity index (χ0n) is 11.4. The molecule has 1 atom stereocenters. The number of morpholine rings is 1. The van der Waals surface area contributed by atoms with Crippen LogP contribution in [0.25, 0.3) is 11.0 Å². The molecule has 2 aromatic rings. The normalized spacial score (nSPS) is 18.6. The third kappa shape index (κ3) is 3.12. The SMILES string of the molecule is O=C(NCC1CNCCO1)c1cc2ccccc2oc1=O. The van der Waals surface area contributed by atoms with E-state index in [0.717, 1.165) is 11.9 Å². The Bertz CT molecular complexity index is 704. The van der Waals surface area contributed by atoms with Gasteiger partial charge in [0.05, 0.1) is 12.7 Å². The fourth-order valence-corrected chi connectivity index (χ4v) is 2.27. The lowest BCUT2D eigenvalue weighted by molar-refractivity contribution is 0.0287. The van der Waals surface area contributed by atoms with Gasteiger partial charge in [-0.15, -0.1) is 0 Å². The Morgan fingerprint density at radius 2 is 2.24 bits per heavy atom. The number of rotatable bonds is 3. The van der Waals surface area contributed by atoms with Crippen molar-refractivity contribution < 1.29 is 13.9 Å². The van der Waals surface area contributed by atoms with E-state index in [0.29, 0.717) is 25.3 Å². The highest BCUT2D eigenvalue weighted by atomic mass is 16.5. The molecular formula is C15H16N2O4. The topological polar surface area (TPSA) is 80.6 Å². The average Bonchev–Trinajstić information content (AvgIpc) is 2.53. The zero-order chi connectivity index (χ0) is 14.7. The Kier molecular flexibility index (Phi) is 3.98. The summed E-state index contributed by atoms with van der Waals surface area (Å²) in [5.74, 6) is -0.441. The molecule has 0 saturated carbocycles. The summed E-state index contributed by atoms with van der Waals surface area (Å²) in [6.07, 6.45) is -0.0739. The van der Waals surface area contributed by atoms with E-state index >= 15 is 0 Å². The maximum absolute atomic E-state index is 12.1. The minimum atomic E-state index is -0.631. The van der Waals surface area contributed by atoms with Crippen LogP contribution in [0, 0.1) is 0 Å². The molecule has 6 heteroatoms. The van der Waals surface area contributed by atoms with Gasteiger partial charge in [-0.05, 0) is 12.1 Å². The molecule has 1 aliphatic rings. The quantitative estimate of drug-likeness (QED) is 0.804. The van der Waals surface area contributed by atoms with Gasteiger partial charge >= 0.3 is 5.63 Å². The summed E-state index contributed by atoms with van der Waals surface area (Å²) in [5.41, 5.74) is -0.148. The van der Waals surface area contributed by atoms with Crippen LogP contribution < -0.4 is 16.3 Å². The van der Waals surface area contributed by atoms with Crippen LogP contribution in [0.2, 0.25) is 0 Å². The van der Waals surface area contributed by atoms with Gasteiger partial charge in [-0.1, -0.05) is 18.2 Å². The lowest BCUT2D eigenvalue weighted by Crippen LogP contribution is -2.45. The number of hydrogen-bond donors (Lipinski definition) is 2. The highest BCUT2D eigenvalue weighted by Gasteiger charge is 2.17. The van der Waals surface area contributed by atoms with E-state index < -0.39 is 11.5 Å². The monoisotopic (exact) mass is 288 g/mol. The molecule has 3 rings (SSSR count). The first-order chi connectivity index (χ1) is 10.2. The Hall–Kier alpha value is -2.18. The largest absolute Gasteiger partial charge is 0.422 e. The van der Waals surface area contributed by atoms with E-state index in [1.165, 1.54) is 0 Å². The Balaban J connectivity index is 1.74. The van der Waals surface area contributed by atoms with Gasteiger partial charge in [-0.3, -0.25) is 4.79 Å². The van der Waals surface area contributed by atoms with E-state index in [-0.39, 0.29) is 11.7 Å². The molecule has 0 spiro atoms. The summed E-state index contributed by atoms with van der Waals surface area (Å²) in [7, 11) is 0. The standard InChI is InChI=1S/C15H16N2O4/c18-14(17-9-11-8-16-5-6-20-11)12-7-10-3-1-2-4-13(10)21-15(12)19/h1-4,7,11,16H,5-6,8-9H2,(H,17,18). The van der Waals surface area contributed by atoms with Crippen LogP contribution in [0.5, 0.6) is 0 Å². The highest BCUT2D eigenvalue weighted by molar-refractivity contribution is 5.96. The van der Waals surface area contributed by atoms with Crippen LogP contribution in [0.3, 0.4) is 0 Å². The highest BCUT2D eigenvalue weighted by Crippen LogP contribution is 2.12. The van der Waals surface area contributed by atoms with E-state index in [4.69, 9.17) is 9.15 Å². The third-order valence-corrected chi connectivity index (χ3v) is 3.38. The first-order valence-corrected chi connectivity index (χ1v) is 6.87. The second-order valence-corrected chi connectivity index (χ2v) is 4.89. The van der Waals surface area contributed by atoms with Gasteiger partial charge in [0.25, 0.3) is 5.91 Å². The Morgan fingerprint density at radius 3 is 3.05 bits per heavy atom. The molecule has 6 nitrogen and oxygen atoms in total. The van der Waals surface area contributed by atoms with Crippen molar-refractivity contribution in [2.45, 2.75) is 6.10 Å². The summed E-state index contributed by atoms with van der Waals surface area (Å²) in [4.78, 5) is 24.0. The lowest BCUT2D eigenvalue weighted by Gasteiger charge is -2.23. The zero-order valence-corrected chi connectivity index (χ0v) is 11.4. The number of carbonyl (C=O) groups excluding carboxylic acids is 1. The number of fused-ring (bicyclic) bond motifs is 1. The molecule has 1 fully saturated rings. The number of benzene rings is 1. The van der Waals surface area contributed by atoms with Crippen molar-refractivity contribution in [1.29, 1.82) is 0 Å². The first-order valence-electron chi connectivity index (χ1n) is 6.87. The molecule has 1 aromatic heterocycles. The van der Waals surface area contributed by atoms with Crippen molar-refractivity contribution in [3.05, 3.63) is 46.3 Å². The summed E-state index contributed by atoms with van der Waals surface area (Å²) in [6, 6.07) is 8.64. The van der Waals surface area contributed by atoms with Crippen LogP contribution in [0.1, 0.15) is 10.4 Å². The molecule has 1 saturated heterocycles. The number of ether oxygens (including phenoxy) is 1. The molecule has 1 unspecified atom stereocenters. The second kappa shape index (κ2) is 6.07. The molecule has 110 valence electrons. The van der Waals surface area contributed by atoms with E-state index in [2.05, 4.69) is 10.6 Å². The Morgan fingerprint density at radius 1 is 1.38 bits per heavy atom. The molecule has 0 aliphatic carbocycles.